The van der Waals surface area contributed by atoms with E-state index in [2.05, 4.69) is 0 Å². The Kier molecular flexibility index (Phi) is 3.59. The van der Waals surface area contributed by atoms with E-state index in [4.69, 9.17) is 11.5 Å². The number of nitrogen functional groups attached to an aromatic ring is 1. The molecule has 0 amide bonds. The maximum atomic E-state index is 9.47. The quantitative estimate of drug-likeness (QED) is 0.500. The fourth-order valence-corrected chi connectivity index (χ4v) is 1.63. The molecule has 0 saturated heterocycles. The van der Waals surface area contributed by atoms with Crippen LogP contribution in [0.5, 0.6) is 0 Å². The number of rotatable bonds is 3. The summed E-state index contributed by atoms with van der Waals surface area (Å²) in [4.78, 5) is 0.977. The van der Waals surface area contributed by atoms with Crippen LogP contribution >= 0.6 is 11.8 Å². The zero-order valence-corrected chi connectivity index (χ0v) is 8.34. The Balaban J connectivity index is 2.99. The number of hydrogen-bond acceptors (Lipinski definition) is 4. The summed E-state index contributed by atoms with van der Waals surface area (Å²) in [6, 6.07) is 5.46. The topological polar surface area (TPSA) is 72.3 Å². The molecule has 5 N–H and O–H groups in total. The average Bonchev–Trinajstić information content (AvgIpc) is 2.17. The third-order valence-corrected chi connectivity index (χ3v) is 2.66. The van der Waals surface area contributed by atoms with Crippen molar-refractivity contribution in [2.75, 3.05) is 18.5 Å². The minimum atomic E-state index is -0.591. The molecular weight excluding hydrogens is 184 g/mol. The molecule has 4 heteroatoms. The number of hydrogen-bond donors (Lipinski definition) is 3. The molecule has 0 aliphatic rings. The van der Waals surface area contributed by atoms with Crippen LogP contribution in [0.3, 0.4) is 0 Å². The minimum Gasteiger partial charge on any atom is -0.398 e. The average molecular weight is 198 g/mol. The molecule has 0 radical (unpaired) electrons. The lowest BCUT2D eigenvalue weighted by Crippen LogP contribution is -2.11. The van der Waals surface area contributed by atoms with Gasteiger partial charge in [0.05, 0.1) is 6.10 Å². The SMILES string of the molecule is CSc1cc(C(O)CN)ccc1N. The molecule has 13 heavy (non-hydrogen) atoms. The Labute approximate surface area is 82.1 Å². The van der Waals surface area contributed by atoms with Crippen LogP contribution in [0.15, 0.2) is 23.1 Å². The van der Waals surface area contributed by atoms with E-state index in [1.54, 1.807) is 23.9 Å². The lowest BCUT2D eigenvalue weighted by atomic mass is 10.1. The summed E-state index contributed by atoms with van der Waals surface area (Å²) in [7, 11) is 0. The number of nitrogens with two attached hydrogens (primary N) is 2. The fourth-order valence-electron chi connectivity index (χ4n) is 1.07. The van der Waals surface area contributed by atoms with Gasteiger partial charge in [-0.1, -0.05) is 6.07 Å². The Hall–Kier alpha value is -0.710. The highest BCUT2D eigenvalue weighted by molar-refractivity contribution is 7.98. The summed E-state index contributed by atoms with van der Waals surface area (Å²) >= 11 is 1.56. The fraction of sp³-hybridized carbons (Fsp3) is 0.333. The standard InChI is InChI=1S/C9H14N2OS/c1-13-9-4-6(8(12)5-10)2-3-7(9)11/h2-4,8,12H,5,10-11H2,1H3. The molecule has 1 aromatic carbocycles. The molecule has 3 nitrogen and oxygen atoms in total. The molecule has 0 spiro atoms. The zero-order chi connectivity index (χ0) is 9.84. The van der Waals surface area contributed by atoms with Crippen molar-refractivity contribution in [2.45, 2.75) is 11.0 Å². The molecule has 1 rings (SSSR count). The lowest BCUT2D eigenvalue weighted by molar-refractivity contribution is 0.186. The molecule has 0 fully saturated rings. The van der Waals surface area contributed by atoms with Gasteiger partial charge in [0, 0.05) is 17.1 Å². The third-order valence-electron chi connectivity index (χ3n) is 1.87. The van der Waals surface area contributed by atoms with Crippen molar-refractivity contribution in [2.24, 2.45) is 5.73 Å². The summed E-state index contributed by atoms with van der Waals surface area (Å²) in [6.07, 6.45) is 1.36. The Bertz CT molecular complexity index is 291. The number of benzene rings is 1. The van der Waals surface area contributed by atoms with Crippen molar-refractivity contribution < 1.29 is 5.11 Å². The van der Waals surface area contributed by atoms with E-state index in [0.29, 0.717) is 0 Å². The van der Waals surface area contributed by atoms with Crippen molar-refractivity contribution in [3.05, 3.63) is 23.8 Å². The maximum Gasteiger partial charge on any atom is 0.0912 e. The van der Waals surface area contributed by atoms with Crippen LogP contribution in [0.1, 0.15) is 11.7 Å². The number of aliphatic hydroxyl groups is 1. The highest BCUT2D eigenvalue weighted by atomic mass is 32.2. The first kappa shape index (κ1) is 10.4. The highest BCUT2D eigenvalue weighted by Crippen LogP contribution is 2.26. The van der Waals surface area contributed by atoms with Gasteiger partial charge in [-0.3, -0.25) is 0 Å². The van der Waals surface area contributed by atoms with Gasteiger partial charge in [0.1, 0.15) is 0 Å². The molecule has 1 atom stereocenters. The van der Waals surface area contributed by atoms with Crippen molar-refractivity contribution in [3.63, 3.8) is 0 Å². The van der Waals surface area contributed by atoms with Gasteiger partial charge < -0.3 is 16.6 Å². The molecule has 0 bridgehead atoms. The molecule has 0 heterocycles. The van der Waals surface area contributed by atoms with Gasteiger partial charge in [-0.15, -0.1) is 11.8 Å². The Morgan fingerprint density at radius 1 is 1.54 bits per heavy atom. The normalized spacial score (nSPS) is 12.8. The van der Waals surface area contributed by atoms with Gasteiger partial charge >= 0.3 is 0 Å². The van der Waals surface area contributed by atoms with Crippen LogP contribution in [-0.2, 0) is 0 Å². The van der Waals surface area contributed by atoms with Crippen LogP contribution in [-0.4, -0.2) is 17.9 Å². The molecule has 0 aliphatic heterocycles. The lowest BCUT2D eigenvalue weighted by Gasteiger charge is -2.10. The predicted octanol–water partition coefficient (Wildman–Crippen LogP) is 0.983. The summed E-state index contributed by atoms with van der Waals surface area (Å²) in [5.41, 5.74) is 12.6. The molecule has 0 saturated carbocycles. The molecule has 1 unspecified atom stereocenters. The maximum absolute atomic E-state index is 9.47. The molecule has 72 valence electrons. The molecule has 1 aromatic rings. The molecule has 0 aromatic heterocycles. The van der Waals surface area contributed by atoms with Crippen molar-refractivity contribution >= 4 is 17.4 Å². The predicted molar refractivity (Wildman–Crippen MR) is 56.6 cm³/mol. The van der Waals surface area contributed by atoms with E-state index in [9.17, 15) is 5.11 Å². The first-order valence-electron chi connectivity index (χ1n) is 4.00. The number of aliphatic hydroxyl groups excluding tert-OH is 1. The number of anilines is 1. The largest absolute Gasteiger partial charge is 0.398 e. The first-order chi connectivity index (χ1) is 6.19. The second-order valence-electron chi connectivity index (χ2n) is 2.75. The van der Waals surface area contributed by atoms with E-state index in [1.165, 1.54) is 0 Å². The zero-order valence-electron chi connectivity index (χ0n) is 7.53. The van der Waals surface area contributed by atoms with E-state index in [-0.39, 0.29) is 6.54 Å². The van der Waals surface area contributed by atoms with E-state index in [1.807, 2.05) is 12.3 Å². The summed E-state index contributed by atoms with van der Waals surface area (Å²) < 4.78 is 0. The van der Waals surface area contributed by atoms with Gasteiger partial charge in [0.15, 0.2) is 0 Å². The van der Waals surface area contributed by atoms with Gasteiger partial charge in [-0.05, 0) is 24.0 Å². The molecule has 0 aliphatic carbocycles. The van der Waals surface area contributed by atoms with Crippen molar-refractivity contribution in [3.8, 4) is 0 Å². The van der Waals surface area contributed by atoms with Gasteiger partial charge in [-0.2, -0.15) is 0 Å². The smallest absolute Gasteiger partial charge is 0.0912 e. The first-order valence-corrected chi connectivity index (χ1v) is 5.23. The van der Waals surface area contributed by atoms with E-state index in [0.717, 1.165) is 16.1 Å². The van der Waals surface area contributed by atoms with Crippen LogP contribution in [0, 0.1) is 0 Å². The number of thioether (sulfide) groups is 1. The van der Waals surface area contributed by atoms with Gasteiger partial charge in [0.2, 0.25) is 0 Å². The van der Waals surface area contributed by atoms with Crippen molar-refractivity contribution in [1.82, 2.24) is 0 Å². The van der Waals surface area contributed by atoms with Crippen molar-refractivity contribution in [1.29, 1.82) is 0 Å². The van der Waals surface area contributed by atoms with Crippen LogP contribution in [0.4, 0.5) is 5.69 Å². The van der Waals surface area contributed by atoms with Crippen LogP contribution in [0.2, 0.25) is 0 Å². The molecular formula is C9H14N2OS. The van der Waals surface area contributed by atoms with Gasteiger partial charge in [0.25, 0.3) is 0 Å². The van der Waals surface area contributed by atoms with E-state index >= 15 is 0 Å². The Morgan fingerprint density at radius 2 is 2.23 bits per heavy atom. The third kappa shape index (κ3) is 2.37. The monoisotopic (exact) mass is 198 g/mol. The minimum absolute atomic E-state index is 0.234. The summed E-state index contributed by atoms with van der Waals surface area (Å²) in [5, 5.41) is 9.47. The summed E-state index contributed by atoms with van der Waals surface area (Å²) in [5.74, 6) is 0. The summed E-state index contributed by atoms with van der Waals surface area (Å²) in [6.45, 7) is 0.234. The highest BCUT2D eigenvalue weighted by Gasteiger charge is 2.06. The van der Waals surface area contributed by atoms with E-state index < -0.39 is 6.10 Å². The van der Waals surface area contributed by atoms with Crippen LogP contribution in [0.25, 0.3) is 0 Å². The van der Waals surface area contributed by atoms with Crippen LogP contribution < -0.4 is 11.5 Å². The van der Waals surface area contributed by atoms with Gasteiger partial charge in [-0.25, -0.2) is 0 Å². The second kappa shape index (κ2) is 4.50. The second-order valence-corrected chi connectivity index (χ2v) is 3.60. The Morgan fingerprint density at radius 3 is 2.77 bits per heavy atom.